The number of aromatic nitrogens is 1. The molecule has 0 spiro atoms. The lowest BCUT2D eigenvalue weighted by Crippen LogP contribution is -2.16. The van der Waals surface area contributed by atoms with Crippen molar-refractivity contribution in [2.45, 2.75) is 27.7 Å². The van der Waals surface area contributed by atoms with E-state index in [1.807, 2.05) is 0 Å². The van der Waals surface area contributed by atoms with E-state index in [2.05, 4.69) is 10.5 Å². The maximum atomic E-state index is 12.3. The van der Waals surface area contributed by atoms with E-state index in [1.54, 1.807) is 20.8 Å². The van der Waals surface area contributed by atoms with Crippen LogP contribution in [-0.4, -0.2) is 28.6 Å². The van der Waals surface area contributed by atoms with Crippen LogP contribution in [0.2, 0.25) is 0 Å². The predicted octanol–water partition coefficient (Wildman–Crippen LogP) is 3.00. The van der Waals surface area contributed by atoms with E-state index in [0.29, 0.717) is 5.56 Å². The monoisotopic (exact) mass is 353 g/mol. The van der Waals surface area contributed by atoms with Crippen molar-refractivity contribution in [2.75, 3.05) is 11.9 Å². The SMILES string of the molecule is CCOC(=O)c1c(NC(=O)c2noc(C)c2[N+](=O)[O-])sc(C)c1C. The molecule has 2 aromatic heterocycles. The fraction of sp³-hybridized carbons (Fsp3) is 0.357. The molecule has 0 saturated heterocycles. The van der Waals surface area contributed by atoms with Crippen LogP contribution in [0.3, 0.4) is 0 Å². The summed E-state index contributed by atoms with van der Waals surface area (Å²) in [5.74, 6) is -1.47. The highest BCUT2D eigenvalue weighted by atomic mass is 32.1. The summed E-state index contributed by atoms with van der Waals surface area (Å²) in [6.07, 6.45) is 0. The largest absolute Gasteiger partial charge is 0.462 e. The number of amides is 1. The van der Waals surface area contributed by atoms with Gasteiger partial charge >= 0.3 is 11.7 Å². The maximum absolute atomic E-state index is 12.3. The number of rotatable bonds is 5. The van der Waals surface area contributed by atoms with Gasteiger partial charge in [0, 0.05) is 11.8 Å². The quantitative estimate of drug-likeness (QED) is 0.497. The summed E-state index contributed by atoms with van der Waals surface area (Å²) in [6, 6.07) is 0. The van der Waals surface area contributed by atoms with Crippen molar-refractivity contribution in [3.8, 4) is 0 Å². The summed E-state index contributed by atoms with van der Waals surface area (Å²) in [7, 11) is 0. The average molecular weight is 353 g/mol. The Labute approximate surface area is 140 Å². The molecule has 24 heavy (non-hydrogen) atoms. The zero-order chi connectivity index (χ0) is 18.0. The molecule has 9 nitrogen and oxygen atoms in total. The van der Waals surface area contributed by atoms with Gasteiger partial charge in [0.15, 0.2) is 0 Å². The minimum Gasteiger partial charge on any atom is -0.462 e. The number of ether oxygens (including phenoxy) is 1. The summed E-state index contributed by atoms with van der Waals surface area (Å²) in [5.41, 5.74) is -0.0404. The van der Waals surface area contributed by atoms with E-state index in [0.717, 1.165) is 4.88 Å². The lowest BCUT2D eigenvalue weighted by atomic mass is 10.1. The second-order valence-corrected chi connectivity index (χ2v) is 6.08. The molecule has 0 aromatic carbocycles. The van der Waals surface area contributed by atoms with E-state index in [4.69, 9.17) is 9.26 Å². The zero-order valence-corrected chi connectivity index (χ0v) is 14.3. The Bertz CT molecular complexity index is 823. The number of aryl methyl sites for hydroxylation is 2. The van der Waals surface area contributed by atoms with Crippen LogP contribution in [0.15, 0.2) is 4.52 Å². The number of anilines is 1. The van der Waals surface area contributed by atoms with Gasteiger partial charge < -0.3 is 14.6 Å². The molecule has 1 N–H and O–H groups in total. The molecule has 2 aromatic rings. The van der Waals surface area contributed by atoms with Crippen LogP contribution in [-0.2, 0) is 4.74 Å². The molecule has 0 radical (unpaired) electrons. The van der Waals surface area contributed by atoms with Crippen molar-refractivity contribution in [2.24, 2.45) is 0 Å². The van der Waals surface area contributed by atoms with Crippen LogP contribution in [0.1, 0.15) is 44.0 Å². The number of hydrogen-bond acceptors (Lipinski definition) is 8. The van der Waals surface area contributed by atoms with E-state index in [1.165, 1.54) is 18.3 Å². The number of carbonyl (C=O) groups excluding carboxylic acids is 2. The number of nitrogens with zero attached hydrogens (tertiary/aromatic N) is 2. The summed E-state index contributed by atoms with van der Waals surface area (Å²) in [4.78, 5) is 35.5. The van der Waals surface area contributed by atoms with Gasteiger partial charge in [0.2, 0.25) is 11.5 Å². The third-order valence-electron chi connectivity index (χ3n) is 3.32. The molecule has 128 valence electrons. The molecule has 0 saturated carbocycles. The summed E-state index contributed by atoms with van der Waals surface area (Å²) < 4.78 is 9.71. The molecular formula is C14H15N3O6S. The van der Waals surface area contributed by atoms with Gasteiger partial charge in [-0.05, 0) is 26.3 Å². The Hall–Kier alpha value is -2.75. The minimum atomic E-state index is -0.828. The van der Waals surface area contributed by atoms with Crippen molar-refractivity contribution >= 4 is 33.9 Å². The lowest BCUT2D eigenvalue weighted by molar-refractivity contribution is -0.386. The second-order valence-electron chi connectivity index (χ2n) is 4.86. The van der Waals surface area contributed by atoms with Crippen molar-refractivity contribution in [1.29, 1.82) is 0 Å². The minimum absolute atomic E-state index is 0.0747. The van der Waals surface area contributed by atoms with E-state index >= 15 is 0 Å². The summed E-state index contributed by atoms with van der Waals surface area (Å²) in [5, 5.41) is 17.2. The number of esters is 1. The van der Waals surface area contributed by atoms with Crippen LogP contribution in [0.5, 0.6) is 0 Å². The molecular weight excluding hydrogens is 338 g/mol. The van der Waals surface area contributed by atoms with Crippen LogP contribution in [0.4, 0.5) is 10.7 Å². The van der Waals surface area contributed by atoms with E-state index in [-0.39, 0.29) is 22.9 Å². The van der Waals surface area contributed by atoms with Gasteiger partial charge in [-0.1, -0.05) is 5.16 Å². The third-order valence-corrected chi connectivity index (χ3v) is 4.44. The zero-order valence-electron chi connectivity index (χ0n) is 13.5. The Morgan fingerprint density at radius 3 is 2.62 bits per heavy atom. The van der Waals surface area contributed by atoms with Crippen LogP contribution in [0.25, 0.3) is 0 Å². The third kappa shape index (κ3) is 3.13. The first-order chi connectivity index (χ1) is 11.3. The first kappa shape index (κ1) is 17.6. The van der Waals surface area contributed by atoms with E-state index in [9.17, 15) is 19.7 Å². The predicted molar refractivity (Wildman–Crippen MR) is 85.6 cm³/mol. The molecule has 2 heterocycles. The molecule has 0 aliphatic heterocycles. The molecule has 0 fully saturated rings. The smallest absolute Gasteiger partial charge is 0.344 e. The molecule has 0 unspecified atom stereocenters. The average Bonchev–Trinajstić information content (AvgIpc) is 3.00. The summed E-state index contributed by atoms with van der Waals surface area (Å²) >= 11 is 1.18. The highest BCUT2D eigenvalue weighted by Crippen LogP contribution is 2.34. The Kier molecular flexibility index (Phi) is 4.98. The second kappa shape index (κ2) is 6.79. The number of thiophene rings is 1. The fourth-order valence-electron chi connectivity index (χ4n) is 2.06. The number of nitro groups is 1. The number of hydrogen-bond donors (Lipinski definition) is 1. The van der Waals surface area contributed by atoms with Crippen molar-refractivity contribution in [1.82, 2.24) is 5.16 Å². The summed E-state index contributed by atoms with van der Waals surface area (Å²) in [6.45, 7) is 6.73. The van der Waals surface area contributed by atoms with Crippen LogP contribution < -0.4 is 5.32 Å². The van der Waals surface area contributed by atoms with Gasteiger partial charge in [-0.2, -0.15) is 0 Å². The lowest BCUT2D eigenvalue weighted by Gasteiger charge is -2.05. The normalized spacial score (nSPS) is 10.5. The standard InChI is InChI=1S/C14H15N3O6S/c1-5-22-14(19)9-6(2)8(4)24-13(9)15-12(18)10-11(17(20)21)7(3)23-16-10/h5H2,1-4H3,(H,15,18). The molecule has 0 aliphatic rings. The highest BCUT2D eigenvalue weighted by Gasteiger charge is 2.31. The fourth-order valence-corrected chi connectivity index (χ4v) is 3.10. The van der Waals surface area contributed by atoms with Crippen molar-refractivity contribution in [3.05, 3.63) is 37.6 Å². The Morgan fingerprint density at radius 1 is 1.38 bits per heavy atom. The van der Waals surface area contributed by atoms with Gasteiger partial charge in [-0.25, -0.2) is 4.79 Å². The van der Waals surface area contributed by atoms with Crippen molar-refractivity contribution < 1.29 is 23.8 Å². The van der Waals surface area contributed by atoms with Crippen molar-refractivity contribution in [3.63, 3.8) is 0 Å². The number of carbonyl (C=O) groups is 2. The van der Waals surface area contributed by atoms with Gasteiger partial charge in [0.05, 0.1) is 17.1 Å². The molecule has 0 atom stereocenters. The molecule has 0 bridgehead atoms. The molecule has 2 rings (SSSR count). The van der Waals surface area contributed by atoms with Gasteiger partial charge in [0.25, 0.3) is 5.91 Å². The Balaban J connectivity index is 2.39. The first-order valence-corrected chi connectivity index (χ1v) is 7.78. The highest BCUT2D eigenvalue weighted by molar-refractivity contribution is 7.16. The Morgan fingerprint density at radius 2 is 2.04 bits per heavy atom. The number of nitrogens with one attached hydrogen (secondary N) is 1. The first-order valence-electron chi connectivity index (χ1n) is 6.97. The maximum Gasteiger partial charge on any atom is 0.344 e. The topological polar surface area (TPSA) is 125 Å². The molecule has 0 aliphatic carbocycles. The molecule has 10 heteroatoms. The van der Waals surface area contributed by atoms with Gasteiger partial charge in [-0.3, -0.25) is 14.9 Å². The van der Waals surface area contributed by atoms with Gasteiger partial charge in [0.1, 0.15) is 5.00 Å². The van der Waals surface area contributed by atoms with Crippen LogP contribution in [0, 0.1) is 30.9 Å². The van der Waals surface area contributed by atoms with Crippen LogP contribution >= 0.6 is 11.3 Å². The van der Waals surface area contributed by atoms with Gasteiger partial charge in [-0.15, -0.1) is 11.3 Å². The van der Waals surface area contributed by atoms with E-state index < -0.39 is 28.2 Å². The molecule has 1 amide bonds.